The highest BCUT2D eigenvalue weighted by Gasteiger charge is 2.09. The highest BCUT2D eigenvalue weighted by atomic mass is 35.5. The number of carbonyl (C=O) groups is 1. The number of aromatic nitrogens is 1. The van der Waals surface area contributed by atoms with Gasteiger partial charge in [-0.1, -0.05) is 36.4 Å². The van der Waals surface area contributed by atoms with Gasteiger partial charge in [-0.25, -0.2) is 9.78 Å². The number of carbonyl (C=O) groups excluding carboxylic acids is 1. The topological polar surface area (TPSA) is 39.2 Å². The molecular formula is C16H14ClNO2. The maximum Gasteiger partial charge on any atom is 0.363 e. The molecule has 0 amide bonds. The number of rotatable bonds is 5. The second kappa shape index (κ2) is 7.46. The number of allylic oxidation sites excluding steroid dienone is 1. The highest BCUT2D eigenvalue weighted by Crippen LogP contribution is 2.11. The van der Waals surface area contributed by atoms with Crippen LogP contribution >= 0.6 is 11.6 Å². The first-order valence-electron chi connectivity index (χ1n) is 6.28. The molecule has 0 bridgehead atoms. The molecule has 0 aliphatic rings. The lowest BCUT2D eigenvalue weighted by Crippen LogP contribution is -2.04. The number of aryl methyl sites for hydroxylation is 1. The lowest BCUT2D eigenvalue weighted by Gasteiger charge is -2.02. The van der Waals surface area contributed by atoms with Crippen LogP contribution in [0.5, 0.6) is 0 Å². The first kappa shape index (κ1) is 14.3. The molecule has 0 aliphatic heterocycles. The standard InChI is InChI=1S/C16H14ClNO2/c17-15(11-6-9-13-7-2-1-3-8-13)20-16(19)14-10-4-5-12-18-14/h1-5,7-8,10-12H,6,9H2/b15-11+. The summed E-state index contributed by atoms with van der Waals surface area (Å²) in [5, 5.41) is 0.0802. The molecule has 0 saturated heterocycles. The van der Waals surface area contributed by atoms with Crippen molar-refractivity contribution >= 4 is 17.6 Å². The van der Waals surface area contributed by atoms with Crippen LogP contribution in [0.2, 0.25) is 0 Å². The van der Waals surface area contributed by atoms with E-state index in [2.05, 4.69) is 4.98 Å². The van der Waals surface area contributed by atoms with Crippen molar-refractivity contribution in [1.82, 2.24) is 4.98 Å². The van der Waals surface area contributed by atoms with E-state index in [0.717, 1.165) is 6.42 Å². The Morgan fingerprint density at radius 2 is 1.90 bits per heavy atom. The van der Waals surface area contributed by atoms with Crippen LogP contribution in [0.25, 0.3) is 0 Å². The van der Waals surface area contributed by atoms with Crippen LogP contribution in [-0.4, -0.2) is 11.0 Å². The Hall–Kier alpha value is -2.13. The van der Waals surface area contributed by atoms with E-state index in [1.165, 1.54) is 11.8 Å². The predicted molar refractivity (Wildman–Crippen MR) is 78.4 cm³/mol. The molecule has 0 unspecified atom stereocenters. The summed E-state index contributed by atoms with van der Waals surface area (Å²) in [6.45, 7) is 0. The molecule has 0 spiro atoms. The van der Waals surface area contributed by atoms with E-state index in [9.17, 15) is 4.79 Å². The molecule has 2 aromatic rings. The van der Waals surface area contributed by atoms with E-state index in [-0.39, 0.29) is 10.9 Å². The van der Waals surface area contributed by atoms with E-state index in [1.54, 1.807) is 24.3 Å². The largest absolute Gasteiger partial charge is 0.410 e. The Kier molecular flexibility index (Phi) is 5.33. The summed E-state index contributed by atoms with van der Waals surface area (Å²) in [7, 11) is 0. The van der Waals surface area contributed by atoms with Crippen molar-refractivity contribution in [3.8, 4) is 0 Å². The number of benzene rings is 1. The van der Waals surface area contributed by atoms with Gasteiger partial charge in [0, 0.05) is 6.20 Å². The predicted octanol–water partition coefficient (Wildman–Crippen LogP) is 3.95. The number of ether oxygens (including phenoxy) is 1. The fraction of sp³-hybridized carbons (Fsp3) is 0.125. The van der Waals surface area contributed by atoms with Crippen LogP contribution in [0.1, 0.15) is 22.5 Å². The normalized spacial score (nSPS) is 11.2. The number of hydrogen-bond acceptors (Lipinski definition) is 3. The third-order valence-electron chi connectivity index (χ3n) is 2.64. The number of halogens is 1. The van der Waals surface area contributed by atoms with Crippen molar-refractivity contribution < 1.29 is 9.53 Å². The molecule has 1 aromatic heterocycles. The minimum atomic E-state index is -0.549. The van der Waals surface area contributed by atoms with Crippen LogP contribution in [-0.2, 0) is 11.2 Å². The lowest BCUT2D eigenvalue weighted by atomic mass is 10.1. The van der Waals surface area contributed by atoms with Gasteiger partial charge in [-0.15, -0.1) is 0 Å². The molecule has 1 aromatic carbocycles. The summed E-state index contributed by atoms with van der Waals surface area (Å²) in [6, 6.07) is 15.1. The molecule has 102 valence electrons. The van der Waals surface area contributed by atoms with Crippen molar-refractivity contribution in [2.45, 2.75) is 12.8 Å². The molecule has 0 saturated carbocycles. The summed E-state index contributed by atoms with van der Waals surface area (Å²) in [6.07, 6.45) is 4.77. The number of pyridine rings is 1. The van der Waals surface area contributed by atoms with Gasteiger partial charge in [0.25, 0.3) is 0 Å². The van der Waals surface area contributed by atoms with Crippen LogP contribution in [0, 0.1) is 0 Å². The zero-order valence-electron chi connectivity index (χ0n) is 10.8. The highest BCUT2D eigenvalue weighted by molar-refractivity contribution is 6.29. The van der Waals surface area contributed by atoms with Gasteiger partial charge in [0.2, 0.25) is 0 Å². The molecule has 0 fully saturated rings. The van der Waals surface area contributed by atoms with Crippen molar-refractivity contribution in [2.75, 3.05) is 0 Å². The van der Waals surface area contributed by atoms with Gasteiger partial charge in [0.15, 0.2) is 5.22 Å². The minimum absolute atomic E-state index is 0.0802. The van der Waals surface area contributed by atoms with Crippen molar-refractivity contribution in [1.29, 1.82) is 0 Å². The zero-order chi connectivity index (χ0) is 14.2. The van der Waals surface area contributed by atoms with Crippen LogP contribution in [0.3, 0.4) is 0 Å². The van der Waals surface area contributed by atoms with Crippen LogP contribution < -0.4 is 0 Å². The van der Waals surface area contributed by atoms with E-state index in [0.29, 0.717) is 6.42 Å². The minimum Gasteiger partial charge on any atom is -0.410 e. The summed E-state index contributed by atoms with van der Waals surface area (Å²) in [5.74, 6) is -0.549. The molecule has 0 aliphatic carbocycles. The second-order valence-corrected chi connectivity index (χ2v) is 4.51. The number of nitrogens with zero attached hydrogens (tertiary/aromatic N) is 1. The van der Waals surface area contributed by atoms with E-state index in [4.69, 9.17) is 16.3 Å². The molecule has 2 rings (SSSR count). The third-order valence-corrected chi connectivity index (χ3v) is 2.88. The molecule has 4 heteroatoms. The van der Waals surface area contributed by atoms with Gasteiger partial charge < -0.3 is 4.74 Å². The third kappa shape index (κ3) is 4.52. The van der Waals surface area contributed by atoms with Gasteiger partial charge in [0.05, 0.1) is 0 Å². The fourth-order valence-corrected chi connectivity index (χ4v) is 1.84. The quantitative estimate of drug-likeness (QED) is 0.617. The number of hydrogen-bond donors (Lipinski definition) is 0. The van der Waals surface area contributed by atoms with E-state index < -0.39 is 5.97 Å². The van der Waals surface area contributed by atoms with Crippen molar-refractivity contribution in [3.05, 3.63) is 77.3 Å². The SMILES string of the molecule is O=C(O/C(Cl)=C/CCc1ccccc1)c1ccccn1. The monoisotopic (exact) mass is 287 g/mol. The van der Waals surface area contributed by atoms with Gasteiger partial charge in [-0.3, -0.25) is 0 Å². The lowest BCUT2D eigenvalue weighted by molar-refractivity contribution is 0.0642. The Labute approximate surface area is 122 Å². The molecule has 3 nitrogen and oxygen atoms in total. The van der Waals surface area contributed by atoms with E-state index >= 15 is 0 Å². The average molecular weight is 288 g/mol. The summed E-state index contributed by atoms with van der Waals surface area (Å²) in [4.78, 5) is 15.6. The maximum atomic E-state index is 11.7. The molecule has 0 N–H and O–H groups in total. The first-order chi connectivity index (χ1) is 9.75. The molecule has 20 heavy (non-hydrogen) atoms. The average Bonchev–Trinajstić information content (AvgIpc) is 2.49. The van der Waals surface area contributed by atoms with Crippen LogP contribution in [0.4, 0.5) is 0 Å². The van der Waals surface area contributed by atoms with Gasteiger partial charge >= 0.3 is 5.97 Å². The van der Waals surface area contributed by atoms with E-state index in [1.807, 2.05) is 30.3 Å². The van der Waals surface area contributed by atoms with Gasteiger partial charge in [-0.2, -0.15) is 0 Å². The Morgan fingerprint density at radius 3 is 2.60 bits per heavy atom. The van der Waals surface area contributed by atoms with Gasteiger partial charge in [0.1, 0.15) is 5.69 Å². The first-order valence-corrected chi connectivity index (χ1v) is 6.66. The molecular weight excluding hydrogens is 274 g/mol. The summed E-state index contributed by atoms with van der Waals surface area (Å²) < 4.78 is 5.00. The zero-order valence-corrected chi connectivity index (χ0v) is 11.6. The molecule has 0 radical (unpaired) electrons. The Morgan fingerprint density at radius 1 is 1.15 bits per heavy atom. The van der Waals surface area contributed by atoms with Gasteiger partial charge in [-0.05, 0) is 48.2 Å². The molecule has 0 atom stereocenters. The van der Waals surface area contributed by atoms with Crippen molar-refractivity contribution in [3.63, 3.8) is 0 Å². The second-order valence-electron chi connectivity index (χ2n) is 4.14. The molecule has 1 heterocycles. The Bertz CT molecular complexity index is 582. The van der Waals surface area contributed by atoms with Crippen molar-refractivity contribution in [2.24, 2.45) is 0 Å². The maximum absolute atomic E-state index is 11.7. The fourth-order valence-electron chi connectivity index (χ4n) is 1.66. The summed E-state index contributed by atoms with van der Waals surface area (Å²) >= 11 is 5.88. The smallest absolute Gasteiger partial charge is 0.363 e. The summed E-state index contributed by atoms with van der Waals surface area (Å²) in [5.41, 5.74) is 1.45. The van der Waals surface area contributed by atoms with Crippen LogP contribution in [0.15, 0.2) is 66.0 Å². The Balaban J connectivity index is 1.84. The number of esters is 1.